The van der Waals surface area contributed by atoms with Gasteiger partial charge in [-0.2, -0.15) is 0 Å². The van der Waals surface area contributed by atoms with E-state index in [0.29, 0.717) is 11.3 Å². The van der Waals surface area contributed by atoms with E-state index >= 15 is 0 Å². The molecule has 1 heterocycles. The van der Waals surface area contributed by atoms with Gasteiger partial charge in [-0.1, -0.05) is 15.9 Å². The van der Waals surface area contributed by atoms with Crippen molar-refractivity contribution >= 4 is 45.1 Å². The lowest BCUT2D eigenvalue weighted by atomic mass is 10.2. The Morgan fingerprint density at radius 2 is 1.38 bits per heavy atom. The number of ether oxygens (including phenoxy) is 1. The number of hydrazine groups is 2. The highest BCUT2D eigenvalue weighted by atomic mass is 79.9. The molecule has 0 bridgehead atoms. The van der Waals surface area contributed by atoms with Crippen LogP contribution in [0.2, 0.25) is 0 Å². The maximum atomic E-state index is 12.3. The first kappa shape index (κ1) is 22.4. The van der Waals surface area contributed by atoms with E-state index in [0.717, 1.165) is 10.8 Å². The summed E-state index contributed by atoms with van der Waals surface area (Å²) in [5, 5.41) is 11.6. The van der Waals surface area contributed by atoms with E-state index in [-0.39, 0.29) is 17.2 Å². The van der Waals surface area contributed by atoms with Crippen molar-refractivity contribution in [2.75, 3.05) is 18.0 Å². The molecular weight excluding hydrogens is 486 g/mol. The molecule has 164 valence electrons. The minimum atomic E-state index is -0.754. The Morgan fingerprint density at radius 3 is 1.81 bits per heavy atom. The first-order chi connectivity index (χ1) is 15.4. The number of carbonyl (C=O) groups is 2. The number of rotatable bonds is 8. The molecule has 0 spiro atoms. The van der Waals surface area contributed by atoms with Crippen molar-refractivity contribution in [3.05, 3.63) is 80.6 Å². The molecule has 0 saturated carbocycles. The number of amides is 2. The minimum Gasteiger partial charge on any atom is -0.497 e. The van der Waals surface area contributed by atoms with Gasteiger partial charge in [-0.05, 0) is 48.5 Å². The lowest BCUT2D eigenvalue weighted by molar-refractivity contribution is -0.383. The molecular formula is C19H16BrN7O5. The van der Waals surface area contributed by atoms with Gasteiger partial charge in [0, 0.05) is 15.6 Å². The van der Waals surface area contributed by atoms with Crippen LogP contribution >= 0.6 is 15.9 Å². The molecule has 3 aromatic rings. The summed E-state index contributed by atoms with van der Waals surface area (Å²) in [5.41, 5.74) is 9.50. The van der Waals surface area contributed by atoms with Gasteiger partial charge in [-0.15, -0.1) is 0 Å². The van der Waals surface area contributed by atoms with Gasteiger partial charge in [-0.3, -0.25) is 41.4 Å². The zero-order valence-corrected chi connectivity index (χ0v) is 18.0. The Balaban J connectivity index is 1.71. The van der Waals surface area contributed by atoms with Crippen LogP contribution in [0.15, 0.2) is 59.3 Å². The number of hydrogen-bond donors (Lipinski definition) is 4. The van der Waals surface area contributed by atoms with Crippen molar-refractivity contribution in [2.45, 2.75) is 0 Å². The molecule has 0 aliphatic rings. The maximum Gasteiger partial charge on any atom is 0.356 e. The lowest BCUT2D eigenvalue weighted by Crippen LogP contribution is -2.32. The third-order valence-corrected chi connectivity index (χ3v) is 4.58. The zero-order chi connectivity index (χ0) is 23.1. The van der Waals surface area contributed by atoms with Gasteiger partial charge in [-0.25, -0.2) is 9.97 Å². The van der Waals surface area contributed by atoms with Gasteiger partial charge in [0.05, 0.1) is 12.0 Å². The van der Waals surface area contributed by atoms with Gasteiger partial charge in [0.15, 0.2) is 0 Å². The first-order valence-corrected chi connectivity index (χ1v) is 9.70. The number of aromatic nitrogens is 2. The van der Waals surface area contributed by atoms with Crippen molar-refractivity contribution in [2.24, 2.45) is 0 Å². The van der Waals surface area contributed by atoms with Crippen LogP contribution in [-0.2, 0) is 0 Å². The number of benzene rings is 2. The second-order valence-electron chi connectivity index (χ2n) is 6.07. The summed E-state index contributed by atoms with van der Waals surface area (Å²) in [6, 6.07) is 12.7. The highest BCUT2D eigenvalue weighted by Gasteiger charge is 2.24. The molecule has 0 aliphatic carbocycles. The fourth-order valence-electron chi connectivity index (χ4n) is 2.45. The average molecular weight is 502 g/mol. The molecule has 2 aromatic carbocycles. The van der Waals surface area contributed by atoms with Gasteiger partial charge >= 0.3 is 5.69 Å². The fourth-order valence-corrected chi connectivity index (χ4v) is 2.72. The molecule has 0 radical (unpaired) electrons. The second-order valence-corrected chi connectivity index (χ2v) is 6.99. The standard InChI is InChI=1S/C19H16BrN7O5/c1-32-14-8-4-12(5-9-14)19(29)26-24-17-15(27(30)31)16(21-10-22-17)23-25-18(28)11-2-6-13(20)7-3-11/h2-10H,1H3,(H,25,28)(H,26,29)(H2,21,22,23,24). The van der Waals surface area contributed by atoms with E-state index in [4.69, 9.17) is 4.74 Å². The number of anilines is 2. The molecule has 0 atom stereocenters. The fraction of sp³-hybridized carbons (Fsp3) is 0.0526. The Morgan fingerprint density at radius 1 is 0.906 bits per heavy atom. The van der Waals surface area contributed by atoms with E-state index in [2.05, 4.69) is 47.6 Å². The zero-order valence-electron chi connectivity index (χ0n) is 16.5. The Hall–Kier alpha value is -4.26. The van der Waals surface area contributed by atoms with Crippen LogP contribution in [0, 0.1) is 10.1 Å². The number of halogens is 1. The van der Waals surface area contributed by atoms with Crippen molar-refractivity contribution in [3.63, 3.8) is 0 Å². The van der Waals surface area contributed by atoms with Crippen LogP contribution in [0.3, 0.4) is 0 Å². The third kappa shape index (κ3) is 5.46. The molecule has 13 heteroatoms. The van der Waals surface area contributed by atoms with Gasteiger partial charge in [0.25, 0.3) is 11.8 Å². The maximum absolute atomic E-state index is 12.3. The molecule has 0 fully saturated rings. The summed E-state index contributed by atoms with van der Waals surface area (Å²) in [6.45, 7) is 0. The van der Waals surface area contributed by atoms with E-state index < -0.39 is 22.4 Å². The van der Waals surface area contributed by atoms with E-state index in [1.54, 1.807) is 36.4 Å². The molecule has 12 nitrogen and oxygen atoms in total. The highest BCUT2D eigenvalue weighted by molar-refractivity contribution is 9.10. The Labute approximate surface area is 189 Å². The lowest BCUT2D eigenvalue weighted by Gasteiger charge is -2.12. The molecule has 1 aromatic heterocycles. The largest absolute Gasteiger partial charge is 0.497 e. The number of hydrogen-bond acceptors (Lipinski definition) is 9. The quantitative estimate of drug-likeness (QED) is 0.268. The molecule has 3 rings (SSSR count). The van der Waals surface area contributed by atoms with Gasteiger partial charge in [0.1, 0.15) is 12.1 Å². The van der Waals surface area contributed by atoms with Crippen molar-refractivity contribution in [3.8, 4) is 5.75 Å². The van der Waals surface area contributed by atoms with Crippen molar-refractivity contribution in [1.82, 2.24) is 20.8 Å². The van der Waals surface area contributed by atoms with Crippen LogP contribution in [0.4, 0.5) is 17.3 Å². The number of carbonyl (C=O) groups excluding carboxylic acids is 2. The summed E-state index contributed by atoms with van der Waals surface area (Å²) >= 11 is 3.27. The predicted molar refractivity (Wildman–Crippen MR) is 118 cm³/mol. The van der Waals surface area contributed by atoms with Crippen LogP contribution in [-0.4, -0.2) is 33.8 Å². The van der Waals surface area contributed by atoms with Crippen LogP contribution in [0.25, 0.3) is 0 Å². The average Bonchev–Trinajstić information content (AvgIpc) is 2.81. The summed E-state index contributed by atoms with van der Waals surface area (Å²) in [7, 11) is 1.50. The van der Waals surface area contributed by atoms with Crippen molar-refractivity contribution in [1.29, 1.82) is 0 Å². The Kier molecular flexibility index (Phi) is 7.13. The summed E-state index contributed by atoms with van der Waals surface area (Å²) < 4.78 is 5.82. The molecule has 0 saturated heterocycles. The van der Waals surface area contributed by atoms with Crippen LogP contribution in [0.5, 0.6) is 5.75 Å². The number of nitro groups is 1. The summed E-state index contributed by atoms with van der Waals surface area (Å²) in [4.78, 5) is 42.9. The topological polar surface area (TPSA) is 160 Å². The monoisotopic (exact) mass is 501 g/mol. The number of methoxy groups -OCH3 is 1. The van der Waals surface area contributed by atoms with E-state index in [9.17, 15) is 19.7 Å². The van der Waals surface area contributed by atoms with E-state index in [1.165, 1.54) is 19.2 Å². The normalized spacial score (nSPS) is 10.1. The summed E-state index contributed by atoms with van der Waals surface area (Å²) in [5.74, 6) is -1.09. The predicted octanol–water partition coefficient (Wildman–Crippen LogP) is 2.67. The second kappa shape index (κ2) is 10.2. The third-order valence-electron chi connectivity index (χ3n) is 4.05. The minimum absolute atomic E-state index is 0.281. The number of nitrogens with one attached hydrogen (secondary N) is 4. The Bertz CT molecular complexity index is 1140. The molecule has 32 heavy (non-hydrogen) atoms. The summed E-state index contributed by atoms with van der Waals surface area (Å²) in [6.07, 6.45) is 1.03. The van der Waals surface area contributed by atoms with Gasteiger partial charge < -0.3 is 4.74 Å². The van der Waals surface area contributed by atoms with Crippen LogP contribution < -0.4 is 26.4 Å². The molecule has 0 unspecified atom stereocenters. The molecule has 0 aliphatic heterocycles. The first-order valence-electron chi connectivity index (χ1n) is 8.90. The molecule has 2 amide bonds. The van der Waals surface area contributed by atoms with Crippen molar-refractivity contribution < 1.29 is 19.2 Å². The van der Waals surface area contributed by atoms with Gasteiger partial charge in [0.2, 0.25) is 11.6 Å². The number of nitrogens with zero attached hydrogens (tertiary/aromatic N) is 3. The SMILES string of the molecule is COc1ccc(C(=O)NNc2ncnc(NNC(=O)c3ccc(Br)cc3)c2[N+](=O)[O-])cc1. The smallest absolute Gasteiger partial charge is 0.356 e. The van der Waals surface area contributed by atoms with Crippen LogP contribution in [0.1, 0.15) is 20.7 Å². The molecule has 4 N–H and O–H groups in total. The van der Waals surface area contributed by atoms with E-state index in [1.807, 2.05) is 0 Å². The highest BCUT2D eigenvalue weighted by Crippen LogP contribution is 2.27.